The Labute approximate surface area is 88.7 Å². The number of aliphatic hydroxyl groups excluding tert-OH is 2. The molecule has 6 heteroatoms. The summed E-state index contributed by atoms with van der Waals surface area (Å²) >= 11 is 0. The molecule has 6 nitrogen and oxygen atoms in total. The molecule has 0 radical (unpaired) electrons. The van der Waals surface area contributed by atoms with Crippen LogP contribution in [0.4, 0.5) is 0 Å². The van der Waals surface area contributed by atoms with Crippen LogP contribution in [0, 0.1) is 0 Å². The van der Waals surface area contributed by atoms with Gasteiger partial charge in [-0.15, -0.1) is 0 Å². The Bertz CT molecular complexity index is 204. The summed E-state index contributed by atoms with van der Waals surface area (Å²) in [4.78, 5) is 22.3. The number of hydrogen-bond acceptors (Lipinski definition) is 4. The highest BCUT2D eigenvalue weighted by Crippen LogP contribution is 1.88. The lowest BCUT2D eigenvalue weighted by Gasteiger charge is -2.13. The Hall–Kier alpha value is -1.14. The van der Waals surface area contributed by atoms with Crippen LogP contribution in [0.3, 0.4) is 0 Å². The summed E-state index contributed by atoms with van der Waals surface area (Å²) in [6.07, 6.45) is 0.975. The maximum absolute atomic E-state index is 11.2. The summed E-state index contributed by atoms with van der Waals surface area (Å²) in [6.45, 7) is 1.84. The third kappa shape index (κ3) is 6.03. The van der Waals surface area contributed by atoms with Crippen LogP contribution in [-0.2, 0) is 9.59 Å². The molecule has 0 aromatic rings. The summed E-state index contributed by atoms with van der Waals surface area (Å²) in [6, 6.07) is -0.388. The predicted molar refractivity (Wildman–Crippen MR) is 54.0 cm³/mol. The Morgan fingerprint density at radius 2 is 1.93 bits per heavy atom. The van der Waals surface area contributed by atoms with E-state index in [1.54, 1.807) is 6.92 Å². The zero-order valence-corrected chi connectivity index (χ0v) is 8.82. The average molecular weight is 218 g/mol. The number of aliphatic hydroxyl groups is 2. The standard InChI is InChI=1S/C9H18N2O4/c1-2-7(6-13)11-9(15)8(14)10-4-3-5-12/h7,12-13H,2-6H2,1H3,(H,10,14)(H,11,15). The van der Waals surface area contributed by atoms with Crippen molar-refractivity contribution in [3.05, 3.63) is 0 Å². The molecule has 0 rings (SSSR count). The molecule has 88 valence electrons. The molecule has 0 saturated carbocycles. The summed E-state index contributed by atoms with van der Waals surface area (Å²) < 4.78 is 0. The lowest BCUT2D eigenvalue weighted by molar-refractivity contribution is -0.139. The van der Waals surface area contributed by atoms with Crippen LogP contribution in [0.1, 0.15) is 19.8 Å². The second-order valence-corrected chi connectivity index (χ2v) is 3.09. The number of hydrogen-bond donors (Lipinski definition) is 4. The smallest absolute Gasteiger partial charge is 0.309 e. The minimum Gasteiger partial charge on any atom is -0.396 e. The van der Waals surface area contributed by atoms with Crippen LogP contribution in [0.5, 0.6) is 0 Å². The molecule has 0 aliphatic heterocycles. The van der Waals surface area contributed by atoms with Crippen molar-refractivity contribution in [2.24, 2.45) is 0 Å². The number of amides is 2. The fraction of sp³-hybridized carbons (Fsp3) is 0.778. The molecule has 0 aliphatic carbocycles. The summed E-state index contributed by atoms with van der Waals surface area (Å²) in [5.74, 6) is -1.50. The van der Waals surface area contributed by atoms with Gasteiger partial charge in [0.25, 0.3) is 0 Å². The van der Waals surface area contributed by atoms with Gasteiger partial charge in [-0.2, -0.15) is 0 Å². The van der Waals surface area contributed by atoms with Gasteiger partial charge >= 0.3 is 11.8 Å². The molecule has 2 amide bonds. The quantitative estimate of drug-likeness (QED) is 0.318. The Kier molecular flexibility index (Phi) is 7.57. The number of rotatable bonds is 6. The third-order valence-corrected chi connectivity index (χ3v) is 1.88. The van der Waals surface area contributed by atoms with Crippen LogP contribution in [-0.4, -0.2) is 47.8 Å². The third-order valence-electron chi connectivity index (χ3n) is 1.88. The van der Waals surface area contributed by atoms with Crippen LogP contribution in [0.25, 0.3) is 0 Å². The first-order valence-corrected chi connectivity index (χ1v) is 4.96. The highest BCUT2D eigenvalue weighted by atomic mass is 16.3. The number of nitrogens with one attached hydrogen (secondary N) is 2. The van der Waals surface area contributed by atoms with Gasteiger partial charge in [-0.25, -0.2) is 0 Å². The highest BCUT2D eigenvalue weighted by molar-refractivity contribution is 6.35. The second-order valence-electron chi connectivity index (χ2n) is 3.09. The predicted octanol–water partition coefficient (Wildman–Crippen LogP) is -1.63. The van der Waals surface area contributed by atoms with E-state index >= 15 is 0 Å². The average Bonchev–Trinajstić information content (AvgIpc) is 2.25. The van der Waals surface area contributed by atoms with E-state index in [0.29, 0.717) is 12.8 Å². The van der Waals surface area contributed by atoms with Crippen molar-refractivity contribution in [3.63, 3.8) is 0 Å². The first-order chi connectivity index (χ1) is 7.15. The van der Waals surface area contributed by atoms with E-state index in [1.807, 2.05) is 0 Å². The van der Waals surface area contributed by atoms with E-state index in [9.17, 15) is 9.59 Å². The monoisotopic (exact) mass is 218 g/mol. The van der Waals surface area contributed by atoms with Gasteiger partial charge in [0.05, 0.1) is 12.6 Å². The molecular weight excluding hydrogens is 200 g/mol. The van der Waals surface area contributed by atoms with Crippen molar-refractivity contribution in [3.8, 4) is 0 Å². The lowest BCUT2D eigenvalue weighted by atomic mass is 10.2. The molecule has 15 heavy (non-hydrogen) atoms. The fourth-order valence-corrected chi connectivity index (χ4v) is 0.889. The Balaban J connectivity index is 3.82. The van der Waals surface area contributed by atoms with E-state index in [4.69, 9.17) is 10.2 Å². The van der Waals surface area contributed by atoms with Gasteiger partial charge in [-0.05, 0) is 12.8 Å². The normalized spacial score (nSPS) is 11.9. The lowest BCUT2D eigenvalue weighted by Crippen LogP contribution is -2.46. The van der Waals surface area contributed by atoms with E-state index < -0.39 is 11.8 Å². The molecule has 0 aliphatic rings. The molecule has 0 heterocycles. The van der Waals surface area contributed by atoms with Crippen molar-refractivity contribution < 1.29 is 19.8 Å². The van der Waals surface area contributed by atoms with Crippen LogP contribution in [0.15, 0.2) is 0 Å². The van der Waals surface area contributed by atoms with E-state index in [2.05, 4.69) is 10.6 Å². The molecule has 4 N–H and O–H groups in total. The van der Waals surface area contributed by atoms with E-state index in [-0.39, 0.29) is 25.8 Å². The van der Waals surface area contributed by atoms with Gasteiger partial charge in [-0.3, -0.25) is 9.59 Å². The molecule has 0 saturated heterocycles. The zero-order valence-electron chi connectivity index (χ0n) is 8.82. The van der Waals surface area contributed by atoms with Gasteiger partial charge in [0.1, 0.15) is 0 Å². The maximum Gasteiger partial charge on any atom is 0.309 e. The van der Waals surface area contributed by atoms with Crippen molar-refractivity contribution in [1.29, 1.82) is 0 Å². The minimum absolute atomic E-state index is 0.0316. The largest absolute Gasteiger partial charge is 0.396 e. The van der Waals surface area contributed by atoms with Crippen molar-refractivity contribution in [2.45, 2.75) is 25.8 Å². The summed E-state index contributed by atoms with van der Waals surface area (Å²) in [5, 5.41) is 22.0. The molecule has 1 atom stereocenters. The molecule has 0 bridgehead atoms. The van der Waals surface area contributed by atoms with Crippen LogP contribution >= 0.6 is 0 Å². The summed E-state index contributed by atoms with van der Waals surface area (Å²) in [5.41, 5.74) is 0. The van der Waals surface area contributed by atoms with Crippen molar-refractivity contribution in [2.75, 3.05) is 19.8 Å². The molecule has 0 aromatic carbocycles. The van der Waals surface area contributed by atoms with Gasteiger partial charge < -0.3 is 20.8 Å². The Morgan fingerprint density at radius 3 is 2.40 bits per heavy atom. The van der Waals surface area contributed by atoms with Gasteiger partial charge in [-0.1, -0.05) is 6.92 Å². The first kappa shape index (κ1) is 13.9. The maximum atomic E-state index is 11.2. The van der Waals surface area contributed by atoms with E-state index in [0.717, 1.165) is 0 Å². The number of carbonyl (C=O) groups is 2. The van der Waals surface area contributed by atoms with Gasteiger partial charge in [0.2, 0.25) is 0 Å². The zero-order chi connectivity index (χ0) is 11.7. The molecule has 1 unspecified atom stereocenters. The van der Waals surface area contributed by atoms with Crippen molar-refractivity contribution >= 4 is 11.8 Å². The number of carbonyl (C=O) groups excluding carboxylic acids is 2. The fourth-order valence-electron chi connectivity index (χ4n) is 0.889. The SMILES string of the molecule is CCC(CO)NC(=O)C(=O)NCCCO. The molecular formula is C9H18N2O4. The topological polar surface area (TPSA) is 98.7 Å². The van der Waals surface area contributed by atoms with Gasteiger partial charge in [0.15, 0.2) is 0 Å². The molecule has 0 fully saturated rings. The minimum atomic E-state index is -0.756. The van der Waals surface area contributed by atoms with Crippen LogP contribution < -0.4 is 10.6 Å². The molecule has 0 spiro atoms. The Morgan fingerprint density at radius 1 is 1.27 bits per heavy atom. The summed E-state index contributed by atoms with van der Waals surface area (Å²) in [7, 11) is 0. The van der Waals surface area contributed by atoms with E-state index in [1.165, 1.54) is 0 Å². The van der Waals surface area contributed by atoms with Gasteiger partial charge in [0, 0.05) is 13.2 Å². The second kappa shape index (κ2) is 8.19. The molecule has 0 aromatic heterocycles. The highest BCUT2D eigenvalue weighted by Gasteiger charge is 2.16. The first-order valence-electron chi connectivity index (χ1n) is 4.96. The van der Waals surface area contributed by atoms with Crippen LogP contribution in [0.2, 0.25) is 0 Å². The van der Waals surface area contributed by atoms with Crippen molar-refractivity contribution in [1.82, 2.24) is 10.6 Å².